The monoisotopic (exact) mass is 798 g/mol. The summed E-state index contributed by atoms with van der Waals surface area (Å²) < 4.78 is 1.55. The summed E-state index contributed by atoms with van der Waals surface area (Å²) in [6, 6.07) is 10.6. The zero-order chi connectivity index (χ0) is 36.3. The first-order valence-electron chi connectivity index (χ1n) is 18.6. The van der Waals surface area contributed by atoms with Gasteiger partial charge >= 0.3 is 76.7 Å². The molecule has 51 heavy (non-hydrogen) atoms. The van der Waals surface area contributed by atoms with E-state index in [0.29, 0.717) is 17.3 Å². The van der Waals surface area contributed by atoms with Crippen LogP contribution >= 0.6 is 0 Å². The van der Waals surface area contributed by atoms with Gasteiger partial charge < -0.3 is 31.2 Å². The smallest absolute Gasteiger partial charge is 1.00 e. The third-order valence-corrected chi connectivity index (χ3v) is 16.9. The van der Waals surface area contributed by atoms with Crippen LogP contribution in [-0.4, -0.2) is 3.21 Å². The number of hydrogen-bond acceptors (Lipinski definition) is 0. The molecule has 0 aromatic heterocycles. The van der Waals surface area contributed by atoms with Gasteiger partial charge in [0.05, 0.1) is 0 Å². The van der Waals surface area contributed by atoms with Crippen LogP contribution in [0.5, 0.6) is 0 Å². The van der Waals surface area contributed by atoms with Gasteiger partial charge in [0, 0.05) is 10.8 Å². The molecule has 9 atom stereocenters. The van der Waals surface area contributed by atoms with Gasteiger partial charge in [-0.3, -0.25) is 6.08 Å². The van der Waals surface area contributed by atoms with Crippen LogP contribution in [0.15, 0.2) is 120 Å². The van der Waals surface area contributed by atoms with Crippen molar-refractivity contribution in [3.05, 3.63) is 139 Å². The third kappa shape index (κ3) is 6.06. The van der Waals surface area contributed by atoms with Crippen LogP contribution < -0.4 is 24.8 Å². The minimum absolute atomic E-state index is 0. The Balaban J connectivity index is 0.000000263. The van der Waals surface area contributed by atoms with E-state index < -0.39 is 0 Å². The summed E-state index contributed by atoms with van der Waals surface area (Å²) in [5.74, 6) is 0.982. The molecule has 274 valence electrons. The molecule has 1 aromatic rings. The minimum Gasteiger partial charge on any atom is -1.00 e. The van der Waals surface area contributed by atoms with Gasteiger partial charge in [0.1, 0.15) is 0 Å². The molecule has 0 N–H and O–H groups in total. The largest absolute Gasteiger partial charge is 1.00 e. The van der Waals surface area contributed by atoms with Gasteiger partial charge in [-0.15, -0.1) is 17.4 Å². The summed E-state index contributed by atoms with van der Waals surface area (Å²) in [5.41, 5.74) is 4.86. The average Bonchev–Trinajstić information content (AvgIpc) is 3.60. The molecule has 0 heterocycles. The number of halogens is 2. The second kappa shape index (κ2) is 15.0. The van der Waals surface area contributed by atoms with Crippen molar-refractivity contribution in [2.75, 3.05) is 0 Å². The second-order valence-corrected chi connectivity index (χ2v) is 19.4. The maximum atomic E-state index is 3.26. The maximum absolute atomic E-state index is 3.26. The van der Waals surface area contributed by atoms with E-state index in [9.17, 15) is 0 Å². The number of hydrogen-bond donors (Lipinski definition) is 0. The summed E-state index contributed by atoms with van der Waals surface area (Å²) in [6.07, 6.45) is 38.1. The van der Waals surface area contributed by atoms with Crippen molar-refractivity contribution in [1.82, 2.24) is 0 Å². The van der Waals surface area contributed by atoms with Crippen molar-refractivity contribution in [3.8, 4) is 0 Å². The summed E-state index contributed by atoms with van der Waals surface area (Å²) in [6.45, 7) is 31.4. The van der Waals surface area contributed by atoms with Gasteiger partial charge in [0.25, 0.3) is 0 Å². The molecule has 0 spiro atoms. The van der Waals surface area contributed by atoms with Crippen LogP contribution in [0.2, 0.25) is 0 Å². The van der Waals surface area contributed by atoms with Gasteiger partial charge in [-0.05, 0) is 28.6 Å². The third-order valence-electron chi connectivity index (χ3n) is 15.3. The van der Waals surface area contributed by atoms with E-state index in [2.05, 4.69) is 212 Å². The topological polar surface area (TPSA) is 0 Å². The molecule has 0 bridgehead atoms. The first kappa shape index (κ1) is 43.9. The molecule has 0 amide bonds. The molecule has 2 fully saturated rings. The quantitative estimate of drug-likeness (QED) is 0.290. The van der Waals surface area contributed by atoms with Gasteiger partial charge in [-0.25, -0.2) is 6.08 Å². The van der Waals surface area contributed by atoms with Crippen LogP contribution in [0.25, 0.3) is 0 Å². The van der Waals surface area contributed by atoms with Crippen LogP contribution in [0.4, 0.5) is 0 Å². The maximum Gasteiger partial charge on any atom is -1.00 e. The van der Waals surface area contributed by atoms with Gasteiger partial charge in [-0.2, -0.15) is 11.6 Å². The van der Waals surface area contributed by atoms with Crippen molar-refractivity contribution in [1.29, 1.82) is 0 Å². The molecule has 0 aliphatic heterocycles. The van der Waals surface area contributed by atoms with Crippen LogP contribution in [0, 0.1) is 67.7 Å². The fourth-order valence-corrected chi connectivity index (χ4v) is 11.5. The standard InChI is InChI=1S/C29H37.C10H15.C9H10.2ClH.Zr/c1-21-14-13-15-22-20-27(6)25(4)18-10-9-16-23(25,2)24(3)17-11-12-19-26(24,5)29(27,8)28(21,22)7;1-8-5-6-9(7-8)10(2,3)4;1-2-6-9-7-4-3-5-8-9;;;/h9-20,22H,1-8H3;6-8H,1-4H3;3-5,7-8H,2H2,1H3;2*1H;/q2*-1;;;;+2/p-2. The van der Waals surface area contributed by atoms with Gasteiger partial charge in [0.2, 0.25) is 0 Å². The Hall–Kier alpha value is -1.53. The van der Waals surface area contributed by atoms with Crippen molar-refractivity contribution in [3.63, 3.8) is 0 Å². The Morgan fingerprint density at radius 1 is 0.784 bits per heavy atom. The van der Waals surface area contributed by atoms with Crippen molar-refractivity contribution < 1.29 is 49.0 Å². The average molecular weight is 801 g/mol. The zero-order valence-electron chi connectivity index (χ0n) is 33.6. The molecule has 9 unspecified atom stereocenters. The molecule has 0 nitrogen and oxygen atoms in total. The molecule has 1 aromatic carbocycles. The summed E-state index contributed by atoms with van der Waals surface area (Å²) in [5, 5.41) is 0. The minimum atomic E-state index is 0. The Morgan fingerprint density at radius 3 is 1.76 bits per heavy atom. The molecular formula is C48H62Cl2Zr-2. The van der Waals surface area contributed by atoms with Crippen molar-refractivity contribution in [2.45, 2.75) is 96.4 Å². The van der Waals surface area contributed by atoms with Crippen molar-refractivity contribution in [2.24, 2.45) is 55.2 Å². The molecule has 6 aliphatic carbocycles. The van der Waals surface area contributed by atoms with E-state index in [4.69, 9.17) is 0 Å². The van der Waals surface area contributed by atoms with E-state index in [1.807, 2.05) is 0 Å². The number of allylic oxidation sites excluding steroid dienone is 16. The molecule has 7 rings (SSSR count). The Labute approximate surface area is 340 Å². The molecule has 0 radical (unpaired) electrons. The second-order valence-electron chi connectivity index (χ2n) is 17.9. The number of rotatable bonds is 2. The predicted molar refractivity (Wildman–Crippen MR) is 209 cm³/mol. The normalized spacial score (nSPS) is 40.4. The van der Waals surface area contributed by atoms with E-state index in [-0.39, 0.29) is 62.7 Å². The fourth-order valence-electron chi connectivity index (χ4n) is 11.1. The van der Waals surface area contributed by atoms with Gasteiger partial charge in [0.15, 0.2) is 0 Å². The Kier molecular flexibility index (Phi) is 12.9. The summed E-state index contributed by atoms with van der Waals surface area (Å²) in [7, 11) is 0. The molecule has 0 saturated heterocycles. The number of benzene rings is 1. The van der Waals surface area contributed by atoms with E-state index >= 15 is 0 Å². The SMILES string of the molecule is CC1=CC=CC2[CH-]C3(C)C4(C)C=CC=CC4(C)C4(C)C=CC=CC4(C)C3(C)C12C.CC1[C-]=CC(C(C)(C)C)=C1.CC[C](=[Zr+2])c1ccccc1.[Cl-].[Cl-]. The van der Waals surface area contributed by atoms with Crippen LogP contribution in [-0.2, 0) is 24.2 Å². The predicted octanol–water partition coefficient (Wildman–Crippen LogP) is 6.79. The van der Waals surface area contributed by atoms with E-state index in [1.54, 1.807) is 3.21 Å². The first-order valence-corrected chi connectivity index (χ1v) is 19.9. The summed E-state index contributed by atoms with van der Waals surface area (Å²) in [4.78, 5) is 0. The molecule has 6 aliphatic rings. The van der Waals surface area contributed by atoms with Crippen LogP contribution in [0.1, 0.15) is 102 Å². The zero-order valence-corrected chi connectivity index (χ0v) is 37.6. The first-order chi connectivity index (χ1) is 22.7. The molecule has 3 heteroatoms. The van der Waals surface area contributed by atoms with Gasteiger partial charge in [-0.1, -0.05) is 154 Å². The molecule has 2 saturated carbocycles. The van der Waals surface area contributed by atoms with E-state index in [1.165, 1.54) is 47.4 Å². The Bertz CT molecular complexity index is 1710. The Morgan fingerprint density at radius 2 is 1.29 bits per heavy atom. The van der Waals surface area contributed by atoms with Crippen molar-refractivity contribution >= 4 is 3.21 Å². The van der Waals surface area contributed by atoms with Crippen LogP contribution in [0.3, 0.4) is 0 Å². The molecular weight excluding hydrogens is 739 g/mol. The fraction of sp³-hybridized carbons (Fsp3) is 0.500. The van der Waals surface area contributed by atoms with E-state index in [0.717, 1.165) is 0 Å². The summed E-state index contributed by atoms with van der Waals surface area (Å²) >= 11 is 1.54. The number of fused-ring (bicyclic) bond motifs is 8.